The summed E-state index contributed by atoms with van der Waals surface area (Å²) in [4.78, 5) is 0. The van der Waals surface area contributed by atoms with E-state index < -0.39 is 7.49 Å². The van der Waals surface area contributed by atoms with Crippen LogP contribution in [-0.2, 0) is 0 Å². The molecule has 0 unspecified atom stereocenters. The molecule has 1 aromatic rings. The first-order valence-electron chi connectivity index (χ1n) is 4.60. The third-order valence-electron chi connectivity index (χ3n) is 2.33. The molecular formula is C11H18OP+. The number of benzene rings is 1. The summed E-state index contributed by atoms with van der Waals surface area (Å²) in [5.41, 5.74) is 0.618. The number of para-hydroxylation sites is 1. The Hall–Kier alpha value is -0.550. The Morgan fingerprint density at radius 3 is 2.08 bits per heavy atom. The molecule has 1 rings (SSSR count). The molecular weight excluding hydrogens is 179 g/mol. The highest BCUT2D eigenvalue weighted by molar-refractivity contribution is 7.70. The van der Waals surface area contributed by atoms with E-state index in [2.05, 4.69) is 27.2 Å². The fourth-order valence-corrected chi connectivity index (χ4v) is 1.73. The first-order valence-corrected chi connectivity index (χ1v) is 7.28. The van der Waals surface area contributed by atoms with E-state index in [1.807, 2.05) is 30.3 Å². The van der Waals surface area contributed by atoms with Crippen LogP contribution in [0.3, 0.4) is 0 Å². The second kappa shape index (κ2) is 4.11. The SMILES string of the molecule is CC(C)[P+](C)(C)Oc1ccccc1. The van der Waals surface area contributed by atoms with Gasteiger partial charge in [-0.2, -0.15) is 0 Å². The van der Waals surface area contributed by atoms with Crippen LogP contribution in [0.2, 0.25) is 0 Å². The minimum absolute atomic E-state index is 0.618. The quantitative estimate of drug-likeness (QED) is 0.672. The van der Waals surface area contributed by atoms with Crippen LogP contribution in [0, 0.1) is 0 Å². The van der Waals surface area contributed by atoms with Crippen molar-refractivity contribution in [2.45, 2.75) is 19.5 Å². The minimum Gasteiger partial charge on any atom is -0.351 e. The lowest BCUT2D eigenvalue weighted by atomic mass is 10.3. The highest BCUT2D eigenvalue weighted by Gasteiger charge is 2.32. The molecule has 0 aromatic heterocycles. The molecule has 0 saturated heterocycles. The van der Waals surface area contributed by atoms with Crippen molar-refractivity contribution < 1.29 is 4.52 Å². The lowest BCUT2D eigenvalue weighted by Gasteiger charge is -2.21. The van der Waals surface area contributed by atoms with Gasteiger partial charge in [-0.3, -0.25) is 0 Å². The number of hydrogen-bond donors (Lipinski definition) is 0. The van der Waals surface area contributed by atoms with Crippen molar-refractivity contribution in [3.63, 3.8) is 0 Å². The highest BCUT2D eigenvalue weighted by Crippen LogP contribution is 2.56. The molecule has 0 spiro atoms. The molecule has 0 fully saturated rings. The van der Waals surface area contributed by atoms with Gasteiger partial charge in [0.05, 0.1) is 19.0 Å². The molecule has 13 heavy (non-hydrogen) atoms. The lowest BCUT2D eigenvalue weighted by molar-refractivity contribution is 0.592. The summed E-state index contributed by atoms with van der Waals surface area (Å²) in [5, 5.41) is 0. The van der Waals surface area contributed by atoms with Gasteiger partial charge >= 0.3 is 0 Å². The van der Waals surface area contributed by atoms with Crippen molar-refractivity contribution in [2.24, 2.45) is 0 Å². The van der Waals surface area contributed by atoms with Crippen molar-refractivity contribution >= 4 is 7.49 Å². The molecule has 72 valence electrons. The van der Waals surface area contributed by atoms with E-state index in [0.717, 1.165) is 5.75 Å². The van der Waals surface area contributed by atoms with Crippen molar-refractivity contribution in [1.82, 2.24) is 0 Å². The zero-order valence-electron chi connectivity index (χ0n) is 8.82. The molecule has 0 aliphatic heterocycles. The topological polar surface area (TPSA) is 9.23 Å². The third-order valence-corrected chi connectivity index (χ3v) is 5.50. The highest BCUT2D eigenvalue weighted by atomic mass is 31.2. The molecule has 1 aromatic carbocycles. The van der Waals surface area contributed by atoms with Gasteiger partial charge in [-0.15, -0.1) is 0 Å². The molecule has 0 aliphatic carbocycles. The Morgan fingerprint density at radius 2 is 1.62 bits per heavy atom. The average Bonchev–Trinajstić information content (AvgIpc) is 2.05. The molecule has 0 bridgehead atoms. The van der Waals surface area contributed by atoms with Gasteiger partial charge < -0.3 is 4.52 Å². The fourth-order valence-electron chi connectivity index (χ4n) is 0.858. The Bertz CT molecular complexity index is 254. The molecule has 0 heterocycles. The second-order valence-electron chi connectivity index (χ2n) is 3.93. The Labute approximate surface area is 81.5 Å². The maximum absolute atomic E-state index is 5.97. The molecule has 0 N–H and O–H groups in total. The van der Waals surface area contributed by atoms with Gasteiger partial charge in [0.2, 0.25) is 0 Å². The molecule has 0 aliphatic rings. The molecule has 0 radical (unpaired) electrons. The van der Waals surface area contributed by atoms with Crippen LogP contribution in [0.25, 0.3) is 0 Å². The van der Waals surface area contributed by atoms with Gasteiger partial charge in [-0.25, -0.2) is 0 Å². The van der Waals surface area contributed by atoms with E-state index in [1.165, 1.54) is 0 Å². The molecule has 0 atom stereocenters. The van der Waals surface area contributed by atoms with Crippen LogP contribution in [-0.4, -0.2) is 19.0 Å². The minimum atomic E-state index is -1.24. The smallest absolute Gasteiger partial charge is 0.187 e. The summed E-state index contributed by atoms with van der Waals surface area (Å²) < 4.78 is 5.97. The summed E-state index contributed by atoms with van der Waals surface area (Å²) in [7, 11) is -1.24. The lowest BCUT2D eigenvalue weighted by Crippen LogP contribution is -2.09. The van der Waals surface area contributed by atoms with Crippen LogP contribution in [0.4, 0.5) is 0 Å². The first kappa shape index (κ1) is 10.5. The van der Waals surface area contributed by atoms with Gasteiger partial charge in [0.15, 0.2) is 13.2 Å². The van der Waals surface area contributed by atoms with E-state index >= 15 is 0 Å². The van der Waals surface area contributed by atoms with Crippen molar-refractivity contribution in [3.05, 3.63) is 30.3 Å². The Balaban J connectivity index is 2.69. The largest absolute Gasteiger partial charge is 0.351 e. The summed E-state index contributed by atoms with van der Waals surface area (Å²) in [6.07, 6.45) is 0. The van der Waals surface area contributed by atoms with E-state index in [1.54, 1.807) is 0 Å². The monoisotopic (exact) mass is 197 g/mol. The predicted octanol–water partition coefficient (Wildman–Crippen LogP) is 3.67. The van der Waals surface area contributed by atoms with E-state index in [0.29, 0.717) is 5.66 Å². The molecule has 1 nitrogen and oxygen atoms in total. The van der Waals surface area contributed by atoms with Crippen molar-refractivity contribution in [3.8, 4) is 5.75 Å². The van der Waals surface area contributed by atoms with Gasteiger partial charge in [-0.05, 0) is 26.0 Å². The standard InChI is InChI=1S/C11H18OP/c1-10(2)13(3,4)12-11-8-6-5-7-9-11/h5-10H,1-4H3/q+1. The van der Waals surface area contributed by atoms with Crippen molar-refractivity contribution in [2.75, 3.05) is 13.3 Å². The fraction of sp³-hybridized carbons (Fsp3) is 0.455. The van der Waals surface area contributed by atoms with Crippen LogP contribution in [0.5, 0.6) is 5.75 Å². The van der Waals surface area contributed by atoms with Crippen molar-refractivity contribution in [1.29, 1.82) is 0 Å². The zero-order chi connectivity index (χ0) is 9.90. The summed E-state index contributed by atoms with van der Waals surface area (Å²) in [6.45, 7) is 8.89. The summed E-state index contributed by atoms with van der Waals surface area (Å²) in [6, 6.07) is 10.1. The third kappa shape index (κ3) is 3.00. The maximum Gasteiger partial charge on any atom is 0.187 e. The van der Waals surface area contributed by atoms with Crippen LogP contribution in [0.1, 0.15) is 13.8 Å². The second-order valence-corrected chi connectivity index (χ2v) is 8.02. The first-order chi connectivity index (χ1) is 6.02. The summed E-state index contributed by atoms with van der Waals surface area (Å²) >= 11 is 0. The summed E-state index contributed by atoms with van der Waals surface area (Å²) in [5.74, 6) is 0.995. The van der Waals surface area contributed by atoms with Gasteiger partial charge in [0.1, 0.15) is 0 Å². The van der Waals surface area contributed by atoms with Crippen LogP contribution in [0.15, 0.2) is 30.3 Å². The number of rotatable bonds is 3. The van der Waals surface area contributed by atoms with Gasteiger partial charge in [0, 0.05) is 0 Å². The van der Waals surface area contributed by atoms with Gasteiger partial charge in [0.25, 0.3) is 0 Å². The molecule has 0 amide bonds. The van der Waals surface area contributed by atoms with E-state index in [4.69, 9.17) is 4.52 Å². The van der Waals surface area contributed by atoms with Gasteiger partial charge in [-0.1, -0.05) is 18.2 Å². The average molecular weight is 197 g/mol. The van der Waals surface area contributed by atoms with E-state index in [9.17, 15) is 0 Å². The normalized spacial score (nSPS) is 11.8. The van der Waals surface area contributed by atoms with Crippen LogP contribution < -0.4 is 4.52 Å². The molecule has 0 saturated carbocycles. The van der Waals surface area contributed by atoms with E-state index in [-0.39, 0.29) is 0 Å². The molecule has 2 heteroatoms. The Kier molecular flexibility index (Phi) is 3.33. The van der Waals surface area contributed by atoms with Crippen LogP contribution >= 0.6 is 7.49 Å². The predicted molar refractivity (Wildman–Crippen MR) is 61.0 cm³/mol. The Morgan fingerprint density at radius 1 is 1.08 bits per heavy atom. The number of hydrogen-bond acceptors (Lipinski definition) is 1. The maximum atomic E-state index is 5.97. The zero-order valence-corrected chi connectivity index (χ0v) is 9.71.